The van der Waals surface area contributed by atoms with Crippen molar-refractivity contribution in [3.8, 4) is 23.0 Å². The molecule has 0 saturated carbocycles. The van der Waals surface area contributed by atoms with Crippen molar-refractivity contribution in [3.05, 3.63) is 81.8 Å². The van der Waals surface area contributed by atoms with E-state index < -0.39 is 66.4 Å². The van der Waals surface area contributed by atoms with E-state index in [1.54, 1.807) is 0 Å². The summed E-state index contributed by atoms with van der Waals surface area (Å²) in [6.45, 7) is 0. The zero-order valence-electron chi connectivity index (χ0n) is 10.6. The molecule has 0 spiro atoms. The lowest BCUT2D eigenvalue weighted by Gasteiger charge is -2.04. The number of hydrogen-bond acceptors (Lipinski definition) is 11. The maximum atomic E-state index is 11.5. The number of phenols is 2. The summed E-state index contributed by atoms with van der Waals surface area (Å²) in [6, 6.07) is 0. The Labute approximate surface area is 120 Å². The lowest BCUT2D eigenvalue weighted by molar-refractivity contribution is 0.375. The highest BCUT2D eigenvalue weighted by atomic mass is 16.5. The van der Waals surface area contributed by atoms with Crippen LogP contribution in [0.15, 0.2) is 38.4 Å². The zero-order chi connectivity index (χ0) is 17.6. The minimum Gasteiger partial charge on any atom is -0.501 e. The number of ether oxygens (including phenoxy) is 1. The van der Waals surface area contributed by atoms with Crippen molar-refractivity contribution in [2.24, 2.45) is 0 Å². The first-order valence-electron chi connectivity index (χ1n) is 5.49. The van der Waals surface area contributed by atoms with Crippen molar-refractivity contribution in [1.29, 1.82) is 0 Å². The van der Waals surface area contributed by atoms with E-state index in [4.69, 9.17) is 0 Å². The highest BCUT2D eigenvalue weighted by Gasteiger charge is 2.25. The summed E-state index contributed by atoms with van der Waals surface area (Å²) in [5.74, 6) is -6.40. The van der Waals surface area contributed by atoms with Crippen molar-refractivity contribution in [2.45, 2.75) is 0 Å². The summed E-state index contributed by atoms with van der Waals surface area (Å²) in [7, 11) is 0. The Kier molecular flexibility index (Phi) is 3.33. The third kappa shape index (κ3) is 2.07. The van der Waals surface area contributed by atoms with Gasteiger partial charge in [-0.05, 0) is 0 Å². The molecule has 0 radical (unpaired) electrons. The second kappa shape index (κ2) is 4.91. The van der Waals surface area contributed by atoms with Gasteiger partial charge in [0.1, 0.15) is 0 Å². The summed E-state index contributed by atoms with van der Waals surface area (Å²) in [5, 5.41) is 18.7. The monoisotopic (exact) mass is 322 g/mol. The van der Waals surface area contributed by atoms with Crippen molar-refractivity contribution >= 4 is 0 Å². The maximum absolute atomic E-state index is 11.5. The van der Waals surface area contributed by atoms with Crippen LogP contribution < -0.4 is 48.2 Å². The molecule has 116 valence electrons. The Morgan fingerprint density at radius 3 is 1.00 bits per heavy atom. The van der Waals surface area contributed by atoms with Crippen LogP contribution in [0.5, 0.6) is 23.0 Å². The molecule has 0 aliphatic carbocycles. The van der Waals surface area contributed by atoms with Crippen molar-refractivity contribution in [3.63, 3.8) is 0 Å². The molecule has 0 fully saturated rings. The molecule has 0 heterocycles. The molecule has 2 rings (SSSR count). The first-order chi connectivity index (χ1) is 10.6. The predicted octanol–water partition coefficient (Wildman–Crippen LogP) is -4.48. The van der Waals surface area contributed by atoms with E-state index in [-0.39, 0.29) is 0 Å². The average molecular weight is 322 g/mol. The minimum atomic E-state index is -1.90. The lowest BCUT2D eigenvalue weighted by atomic mass is 10.2. The van der Waals surface area contributed by atoms with Gasteiger partial charge >= 0.3 is 0 Å². The first-order valence-corrected chi connectivity index (χ1v) is 5.49. The maximum Gasteiger partial charge on any atom is 0.281 e. The summed E-state index contributed by atoms with van der Waals surface area (Å²) in [5.41, 5.74) is -14.9. The third-order valence-electron chi connectivity index (χ3n) is 2.71. The van der Waals surface area contributed by atoms with Crippen LogP contribution in [0.1, 0.15) is 0 Å². The van der Waals surface area contributed by atoms with Gasteiger partial charge in [0.25, 0.3) is 43.4 Å². The molecule has 2 N–H and O–H groups in total. The van der Waals surface area contributed by atoms with E-state index in [1.165, 1.54) is 0 Å². The van der Waals surface area contributed by atoms with Crippen LogP contribution in [0.4, 0.5) is 0 Å². The van der Waals surface area contributed by atoms with Gasteiger partial charge in [-0.15, -0.1) is 0 Å². The fourth-order valence-corrected chi connectivity index (χ4v) is 1.55. The van der Waals surface area contributed by atoms with Gasteiger partial charge in [-0.25, -0.2) is 0 Å². The van der Waals surface area contributed by atoms with E-state index in [2.05, 4.69) is 4.74 Å². The molecule has 0 saturated heterocycles. The van der Waals surface area contributed by atoms with E-state index in [1.807, 2.05) is 0 Å². The first kappa shape index (κ1) is 15.6. The Morgan fingerprint density at radius 1 is 0.435 bits per heavy atom. The number of benzene rings is 2. The van der Waals surface area contributed by atoms with Crippen LogP contribution >= 0.6 is 0 Å². The molecule has 23 heavy (non-hydrogen) atoms. The van der Waals surface area contributed by atoms with E-state index in [9.17, 15) is 48.6 Å². The second-order valence-electron chi connectivity index (χ2n) is 4.09. The molecule has 2 aromatic rings. The van der Waals surface area contributed by atoms with Gasteiger partial charge in [0.05, 0.1) is 0 Å². The Balaban J connectivity index is 2.93. The summed E-state index contributed by atoms with van der Waals surface area (Å²) < 4.78 is 4.33. The Hall–Kier alpha value is -3.76. The van der Waals surface area contributed by atoms with Crippen molar-refractivity contribution in [2.75, 3.05) is 0 Å². The smallest absolute Gasteiger partial charge is 0.281 e. The van der Waals surface area contributed by atoms with Crippen LogP contribution in [0, 0.1) is 0 Å². The zero-order valence-corrected chi connectivity index (χ0v) is 10.6. The number of aromatic hydroxyl groups is 2. The highest BCUT2D eigenvalue weighted by Crippen LogP contribution is 2.24. The molecule has 11 heteroatoms. The summed E-state index contributed by atoms with van der Waals surface area (Å²) in [4.78, 5) is 89.8. The molecule has 0 atom stereocenters. The molecule has 0 aromatic heterocycles. The summed E-state index contributed by atoms with van der Waals surface area (Å²) in [6.07, 6.45) is 0. The van der Waals surface area contributed by atoms with Crippen molar-refractivity contribution < 1.29 is 14.9 Å². The minimum absolute atomic E-state index is 1.54. The van der Waals surface area contributed by atoms with Crippen LogP contribution in [0.25, 0.3) is 0 Å². The van der Waals surface area contributed by atoms with Crippen molar-refractivity contribution in [1.82, 2.24) is 0 Å². The Morgan fingerprint density at radius 2 is 0.696 bits per heavy atom. The fraction of sp³-hybridized carbons (Fsp3) is 0. The molecular formula is C12H2O11. The standard InChI is InChI=1S/C12H2O11/c13-1-3(15)7(19)11(8(20)4(1)16)23-12-9(21)5(17)2(14)6(18)10(12)22/h19,21H. The van der Waals surface area contributed by atoms with Crippen LogP contribution in [-0.4, -0.2) is 10.2 Å². The topological polar surface area (TPSA) is 186 Å². The highest BCUT2D eigenvalue weighted by molar-refractivity contribution is 5.46. The molecule has 0 bridgehead atoms. The lowest BCUT2D eigenvalue weighted by Crippen LogP contribution is -2.48. The van der Waals surface area contributed by atoms with Gasteiger partial charge < -0.3 is 14.9 Å². The normalized spacial score (nSPS) is 10.6. The van der Waals surface area contributed by atoms with E-state index >= 15 is 0 Å². The largest absolute Gasteiger partial charge is 0.501 e. The average Bonchev–Trinajstić information content (AvgIpc) is 2.54. The van der Waals surface area contributed by atoms with Crippen LogP contribution in [0.2, 0.25) is 0 Å². The fourth-order valence-electron chi connectivity index (χ4n) is 1.55. The summed E-state index contributed by atoms with van der Waals surface area (Å²) >= 11 is 0. The van der Waals surface area contributed by atoms with Gasteiger partial charge in [-0.2, -0.15) is 0 Å². The van der Waals surface area contributed by atoms with Gasteiger partial charge in [0.15, 0.2) is 0 Å². The quantitative estimate of drug-likeness (QED) is 0.507. The van der Waals surface area contributed by atoms with Gasteiger partial charge in [0, 0.05) is 0 Å². The van der Waals surface area contributed by atoms with Gasteiger partial charge in [-0.3, -0.25) is 38.4 Å². The molecule has 0 unspecified atom stereocenters. The molecule has 0 amide bonds. The molecular weight excluding hydrogens is 320 g/mol. The predicted molar refractivity (Wildman–Crippen MR) is 71.2 cm³/mol. The Bertz CT molecular complexity index is 1150. The van der Waals surface area contributed by atoms with Crippen LogP contribution in [0.3, 0.4) is 0 Å². The SMILES string of the molecule is O=c1c(O)c(Oc2c(O)c(=O)c(=O)c(=O)c2=O)c(=O)c(=O)c1=O. The van der Waals surface area contributed by atoms with Gasteiger partial charge in [-0.1, -0.05) is 0 Å². The van der Waals surface area contributed by atoms with Crippen LogP contribution in [-0.2, 0) is 0 Å². The number of phenolic OH excluding ortho intramolecular Hbond substituents is 2. The third-order valence-corrected chi connectivity index (χ3v) is 2.71. The number of hydrogen-bond donors (Lipinski definition) is 2. The molecule has 0 aliphatic rings. The van der Waals surface area contributed by atoms with Gasteiger partial charge in [0.2, 0.25) is 23.0 Å². The molecule has 11 nitrogen and oxygen atoms in total. The second-order valence-corrected chi connectivity index (χ2v) is 4.09. The van der Waals surface area contributed by atoms with E-state index in [0.29, 0.717) is 0 Å². The molecule has 2 aromatic carbocycles. The molecule has 0 aliphatic heterocycles. The number of rotatable bonds is 2. The van der Waals surface area contributed by atoms with E-state index in [0.717, 1.165) is 0 Å².